The Labute approximate surface area is 160 Å². The van der Waals surface area contributed by atoms with Crippen LogP contribution in [0.4, 0.5) is 17.5 Å². The molecule has 3 N–H and O–H groups in total. The van der Waals surface area contributed by atoms with Crippen LogP contribution in [0.3, 0.4) is 0 Å². The van der Waals surface area contributed by atoms with Crippen molar-refractivity contribution in [3.05, 3.63) is 45.7 Å². The summed E-state index contributed by atoms with van der Waals surface area (Å²) in [5.41, 5.74) is 9.36. The molecule has 0 spiro atoms. The third-order valence-corrected chi connectivity index (χ3v) is 5.00. The van der Waals surface area contributed by atoms with Crippen LogP contribution in [0.25, 0.3) is 0 Å². The molecule has 7 heteroatoms. The number of nitrogens with zero attached hydrogens (tertiary/aromatic N) is 3. The molecular formula is C20H29N5O2. The fourth-order valence-electron chi connectivity index (χ4n) is 3.37. The van der Waals surface area contributed by atoms with Gasteiger partial charge in [-0.05, 0) is 43.0 Å². The SMILES string of the molecule is CCc1cc(Nc2cc(=O)n(CCCN3CCOCC3)c(N)n2)ccc1C. The minimum atomic E-state index is -0.130. The van der Waals surface area contributed by atoms with Gasteiger partial charge in [0.1, 0.15) is 5.82 Å². The Kier molecular flexibility index (Phi) is 6.47. The van der Waals surface area contributed by atoms with Crippen LogP contribution in [0.5, 0.6) is 0 Å². The number of nitrogen functional groups attached to an aromatic ring is 1. The molecule has 0 atom stereocenters. The molecule has 27 heavy (non-hydrogen) atoms. The highest BCUT2D eigenvalue weighted by Crippen LogP contribution is 2.19. The van der Waals surface area contributed by atoms with Crippen LogP contribution in [0.1, 0.15) is 24.5 Å². The van der Waals surface area contributed by atoms with Gasteiger partial charge in [0.15, 0.2) is 0 Å². The number of hydrogen-bond acceptors (Lipinski definition) is 6. The summed E-state index contributed by atoms with van der Waals surface area (Å²) in [7, 11) is 0. The summed E-state index contributed by atoms with van der Waals surface area (Å²) < 4.78 is 6.89. The minimum Gasteiger partial charge on any atom is -0.379 e. The first-order valence-corrected chi connectivity index (χ1v) is 9.61. The first kappa shape index (κ1) is 19.4. The zero-order valence-corrected chi connectivity index (χ0v) is 16.2. The molecule has 1 aromatic heterocycles. The molecule has 7 nitrogen and oxygen atoms in total. The van der Waals surface area contributed by atoms with E-state index in [4.69, 9.17) is 10.5 Å². The van der Waals surface area contributed by atoms with Crippen LogP contribution in [-0.4, -0.2) is 47.3 Å². The normalized spacial score (nSPS) is 15.0. The monoisotopic (exact) mass is 371 g/mol. The fraction of sp³-hybridized carbons (Fsp3) is 0.500. The van der Waals surface area contributed by atoms with Crippen molar-refractivity contribution in [2.24, 2.45) is 0 Å². The quantitative estimate of drug-likeness (QED) is 0.776. The predicted octanol–water partition coefficient (Wildman–Crippen LogP) is 2.16. The average Bonchev–Trinajstić information content (AvgIpc) is 2.66. The van der Waals surface area contributed by atoms with E-state index in [9.17, 15) is 4.79 Å². The maximum Gasteiger partial charge on any atom is 0.256 e. The number of nitrogens with two attached hydrogens (primary N) is 1. The van der Waals surface area contributed by atoms with E-state index in [-0.39, 0.29) is 11.5 Å². The molecule has 0 unspecified atom stereocenters. The van der Waals surface area contributed by atoms with Gasteiger partial charge in [0, 0.05) is 37.9 Å². The molecular weight excluding hydrogens is 342 g/mol. The molecule has 1 saturated heterocycles. The lowest BCUT2D eigenvalue weighted by Gasteiger charge is -2.26. The van der Waals surface area contributed by atoms with Gasteiger partial charge in [-0.25, -0.2) is 0 Å². The number of hydrogen-bond donors (Lipinski definition) is 2. The Morgan fingerprint density at radius 2 is 2.00 bits per heavy atom. The molecule has 1 aliphatic rings. The molecule has 3 rings (SSSR count). The molecule has 1 fully saturated rings. The Bertz CT molecular complexity index is 828. The molecule has 1 aliphatic heterocycles. The number of ether oxygens (including phenoxy) is 1. The second kappa shape index (κ2) is 9.01. The van der Waals surface area contributed by atoms with E-state index in [0.717, 1.165) is 51.4 Å². The van der Waals surface area contributed by atoms with Crippen LogP contribution in [0.2, 0.25) is 0 Å². The van der Waals surface area contributed by atoms with E-state index in [2.05, 4.69) is 41.2 Å². The van der Waals surface area contributed by atoms with Gasteiger partial charge in [-0.15, -0.1) is 0 Å². The Balaban J connectivity index is 1.64. The zero-order valence-electron chi connectivity index (χ0n) is 16.2. The van der Waals surface area contributed by atoms with E-state index < -0.39 is 0 Å². The first-order chi connectivity index (χ1) is 13.1. The van der Waals surface area contributed by atoms with E-state index in [1.54, 1.807) is 0 Å². The van der Waals surface area contributed by atoms with Gasteiger partial charge in [-0.1, -0.05) is 13.0 Å². The Morgan fingerprint density at radius 3 is 2.70 bits per heavy atom. The van der Waals surface area contributed by atoms with Gasteiger partial charge in [-0.2, -0.15) is 4.98 Å². The second-order valence-corrected chi connectivity index (χ2v) is 6.92. The summed E-state index contributed by atoms with van der Waals surface area (Å²) >= 11 is 0. The summed E-state index contributed by atoms with van der Waals surface area (Å²) in [6.45, 7) is 9.17. The lowest BCUT2D eigenvalue weighted by molar-refractivity contribution is 0.0369. The Morgan fingerprint density at radius 1 is 1.22 bits per heavy atom. The summed E-state index contributed by atoms with van der Waals surface area (Å²) in [4.78, 5) is 19.2. The Hall–Kier alpha value is -2.38. The van der Waals surface area contributed by atoms with Crippen molar-refractivity contribution < 1.29 is 4.74 Å². The van der Waals surface area contributed by atoms with Gasteiger partial charge < -0.3 is 15.8 Å². The molecule has 2 heterocycles. The molecule has 0 saturated carbocycles. The number of nitrogens with one attached hydrogen (secondary N) is 1. The first-order valence-electron chi connectivity index (χ1n) is 9.61. The summed E-state index contributed by atoms with van der Waals surface area (Å²) in [5.74, 6) is 0.725. The van der Waals surface area contributed by atoms with E-state index in [1.807, 2.05) is 6.07 Å². The summed E-state index contributed by atoms with van der Waals surface area (Å²) in [6, 6.07) is 7.65. The third kappa shape index (κ3) is 5.08. The highest BCUT2D eigenvalue weighted by atomic mass is 16.5. The van der Waals surface area contributed by atoms with Crippen molar-refractivity contribution >= 4 is 17.5 Å². The fourth-order valence-corrected chi connectivity index (χ4v) is 3.37. The zero-order chi connectivity index (χ0) is 19.2. The number of benzene rings is 1. The minimum absolute atomic E-state index is 0.130. The van der Waals surface area contributed by atoms with Crippen molar-refractivity contribution in [2.45, 2.75) is 33.2 Å². The summed E-state index contributed by atoms with van der Waals surface area (Å²) in [5, 5.41) is 3.20. The number of aromatic nitrogens is 2. The predicted molar refractivity (Wildman–Crippen MR) is 109 cm³/mol. The molecule has 2 aromatic rings. The molecule has 1 aromatic carbocycles. The summed E-state index contributed by atoms with van der Waals surface area (Å²) in [6.07, 6.45) is 1.82. The van der Waals surface area contributed by atoms with E-state index in [0.29, 0.717) is 12.4 Å². The number of aryl methyl sites for hydroxylation is 2. The van der Waals surface area contributed by atoms with Crippen molar-refractivity contribution in [1.29, 1.82) is 0 Å². The third-order valence-electron chi connectivity index (χ3n) is 5.00. The number of morpholine rings is 1. The van der Waals surface area contributed by atoms with E-state index in [1.165, 1.54) is 21.8 Å². The van der Waals surface area contributed by atoms with Crippen LogP contribution in [-0.2, 0) is 17.7 Å². The topological polar surface area (TPSA) is 85.4 Å². The molecule has 0 aliphatic carbocycles. The lowest BCUT2D eigenvalue weighted by atomic mass is 10.1. The van der Waals surface area contributed by atoms with Crippen LogP contribution in [0, 0.1) is 6.92 Å². The van der Waals surface area contributed by atoms with E-state index >= 15 is 0 Å². The van der Waals surface area contributed by atoms with Crippen LogP contribution < -0.4 is 16.6 Å². The van der Waals surface area contributed by atoms with Gasteiger partial charge in [-0.3, -0.25) is 14.3 Å². The number of anilines is 3. The number of rotatable bonds is 7. The van der Waals surface area contributed by atoms with Gasteiger partial charge in [0.25, 0.3) is 5.56 Å². The molecule has 0 bridgehead atoms. The molecule has 0 amide bonds. The maximum absolute atomic E-state index is 12.5. The highest BCUT2D eigenvalue weighted by Gasteiger charge is 2.11. The van der Waals surface area contributed by atoms with Gasteiger partial charge >= 0.3 is 0 Å². The van der Waals surface area contributed by atoms with Gasteiger partial charge in [0.2, 0.25) is 5.95 Å². The average molecular weight is 371 g/mol. The van der Waals surface area contributed by atoms with Crippen LogP contribution >= 0.6 is 0 Å². The smallest absolute Gasteiger partial charge is 0.256 e. The largest absolute Gasteiger partial charge is 0.379 e. The molecule has 146 valence electrons. The maximum atomic E-state index is 12.5. The standard InChI is InChI=1S/C20H29N5O2/c1-3-16-13-17(6-5-15(16)2)22-18-14-19(26)25(20(21)23-18)8-4-7-24-9-11-27-12-10-24/h5-6,13-14,22H,3-4,7-12H2,1-2H3,(H2,21,23). The van der Waals surface area contributed by atoms with Crippen molar-refractivity contribution in [1.82, 2.24) is 14.5 Å². The van der Waals surface area contributed by atoms with Crippen molar-refractivity contribution in [3.63, 3.8) is 0 Å². The van der Waals surface area contributed by atoms with Crippen molar-refractivity contribution in [2.75, 3.05) is 43.9 Å². The lowest BCUT2D eigenvalue weighted by Crippen LogP contribution is -2.37. The highest BCUT2D eigenvalue weighted by molar-refractivity contribution is 5.58. The molecule has 0 radical (unpaired) electrons. The van der Waals surface area contributed by atoms with Crippen LogP contribution in [0.15, 0.2) is 29.1 Å². The second-order valence-electron chi connectivity index (χ2n) is 6.92. The van der Waals surface area contributed by atoms with Gasteiger partial charge in [0.05, 0.1) is 13.2 Å². The van der Waals surface area contributed by atoms with Crippen molar-refractivity contribution in [3.8, 4) is 0 Å².